The molecule has 0 spiro atoms. The van der Waals surface area contributed by atoms with Gasteiger partial charge in [0.25, 0.3) is 0 Å². The average Bonchev–Trinajstić information content (AvgIpc) is 3.12. The fourth-order valence-electron chi connectivity index (χ4n) is 3.01. The number of hydrogen-bond donors (Lipinski definition) is 2. The van der Waals surface area contributed by atoms with E-state index in [1.54, 1.807) is 18.2 Å². The molecular formula is C19H18Cl2N4O2. The van der Waals surface area contributed by atoms with Gasteiger partial charge in [-0.15, -0.1) is 0 Å². The second kappa shape index (κ2) is 8.47. The number of hydrogen-bond acceptors (Lipinski definition) is 5. The van der Waals surface area contributed by atoms with Gasteiger partial charge in [-0.1, -0.05) is 35.3 Å². The second-order valence-electron chi connectivity index (χ2n) is 6.34. The highest BCUT2D eigenvalue weighted by atomic mass is 35.5. The van der Waals surface area contributed by atoms with Crippen LogP contribution in [0, 0.1) is 11.3 Å². The third-order valence-electron chi connectivity index (χ3n) is 4.36. The molecule has 140 valence electrons. The molecule has 1 aliphatic carbocycles. The van der Waals surface area contributed by atoms with Crippen LogP contribution in [0.15, 0.2) is 36.5 Å². The standard InChI is InChI=1S/C19H18Cl2N4O2/c20-13-9-14(21)18(24-10-13)27-16-6-2-1-5-15(16)23-11-17(26)25-19(12-22)7-3-4-8-19/h1-2,5-6,9-10,23H,3-4,7-8,11H2,(H,25,26). The molecule has 2 aromatic rings. The quantitative estimate of drug-likeness (QED) is 0.737. The summed E-state index contributed by atoms with van der Waals surface area (Å²) < 4.78 is 5.75. The minimum atomic E-state index is -0.741. The van der Waals surface area contributed by atoms with Crippen LogP contribution in [0.3, 0.4) is 0 Å². The second-order valence-corrected chi connectivity index (χ2v) is 7.19. The number of nitrogens with one attached hydrogen (secondary N) is 2. The fraction of sp³-hybridized carbons (Fsp3) is 0.316. The van der Waals surface area contributed by atoms with E-state index in [2.05, 4.69) is 21.7 Å². The van der Waals surface area contributed by atoms with Crippen LogP contribution in [0.5, 0.6) is 11.6 Å². The van der Waals surface area contributed by atoms with E-state index >= 15 is 0 Å². The van der Waals surface area contributed by atoms with E-state index in [9.17, 15) is 10.1 Å². The van der Waals surface area contributed by atoms with E-state index in [4.69, 9.17) is 27.9 Å². The summed E-state index contributed by atoms with van der Waals surface area (Å²) in [5.41, 5.74) is -0.131. The molecule has 8 heteroatoms. The summed E-state index contributed by atoms with van der Waals surface area (Å²) in [6.07, 6.45) is 4.72. The van der Waals surface area contributed by atoms with Gasteiger partial charge in [-0.05, 0) is 43.9 Å². The Kier molecular flexibility index (Phi) is 6.04. The Morgan fingerprint density at radius 3 is 2.74 bits per heavy atom. The maximum atomic E-state index is 12.3. The van der Waals surface area contributed by atoms with Crippen LogP contribution in [0.4, 0.5) is 5.69 Å². The van der Waals surface area contributed by atoms with Gasteiger partial charge in [0.2, 0.25) is 11.8 Å². The molecule has 1 aliphatic rings. The minimum absolute atomic E-state index is 0.0194. The Morgan fingerprint density at radius 2 is 2.04 bits per heavy atom. The van der Waals surface area contributed by atoms with E-state index in [0.29, 0.717) is 29.3 Å². The van der Waals surface area contributed by atoms with Gasteiger partial charge in [-0.3, -0.25) is 4.79 Å². The van der Waals surface area contributed by atoms with Crippen molar-refractivity contribution in [2.75, 3.05) is 11.9 Å². The zero-order valence-electron chi connectivity index (χ0n) is 14.5. The van der Waals surface area contributed by atoms with Crippen LogP contribution in [-0.4, -0.2) is 23.0 Å². The number of anilines is 1. The molecule has 3 rings (SSSR count). The largest absolute Gasteiger partial charge is 0.435 e. The predicted molar refractivity (Wildman–Crippen MR) is 104 cm³/mol. The van der Waals surface area contributed by atoms with Gasteiger partial charge in [0.1, 0.15) is 10.6 Å². The van der Waals surface area contributed by atoms with Gasteiger partial charge >= 0.3 is 0 Å². The summed E-state index contributed by atoms with van der Waals surface area (Å²) in [4.78, 5) is 16.4. The topological polar surface area (TPSA) is 87.0 Å². The molecule has 0 bridgehead atoms. The maximum Gasteiger partial charge on any atom is 0.240 e. The summed E-state index contributed by atoms with van der Waals surface area (Å²) in [6.45, 7) is 0.0194. The first kappa shape index (κ1) is 19.3. The molecule has 2 N–H and O–H groups in total. The van der Waals surface area contributed by atoms with Crippen LogP contribution in [0.25, 0.3) is 0 Å². The van der Waals surface area contributed by atoms with Gasteiger partial charge in [-0.2, -0.15) is 5.26 Å². The lowest BCUT2D eigenvalue weighted by Gasteiger charge is -2.22. The van der Waals surface area contributed by atoms with Gasteiger partial charge in [0.05, 0.1) is 23.3 Å². The Hall–Kier alpha value is -2.49. The third-order valence-corrected chi connectivity index (χ3v) is 4.83. The van der Waals surface area contributed by atoms with Gasteiger partial charge in [0.15, 0.2) is 5.75 Å². The van der Waals surface area contributed by atoms with E-state index < -0.39 is 5.54 Å². The average molecular weight is 405 g/mol. The number of carbonyl (C=O) groups is 1. The Balaban J connectivity index is 1.66. The van der Waals surface area contributed by atoms with Gasteiger partial charge < -0.3 is 15.4 Å². The number of rotatable bonds is 6. The highest BCUT2D eigenvalue weighted by Crippen LogP contribution is 2.33. The summed E-state index contributed by atoms with van der Waals surface area (Å²) in [7, 11) is 0. The summed E-state index contributed by atoms with van der Waals surface area (Å²) in [5.74, 6) is 0.447. The monoisotopic (exact) mass is 404 g/mol. The van der Waals surface area contributed by atoms with Crippen molar-refractivity contribution < 1.29 is 9.53 Å². The molecule has 1 amide bonds. The number of carbonyl (C=O) groups excluding carboxylic acids is 1. The number of para-hydroxylation sites is 2. The molecule has 6 nitrogen and oxygen atoms in total. The van der Waals surface area contributed by atoms with Crippen molar-refractivity contribution in [3.05, 3.63) is 46.6 Å². The lowest BCUT2D eigenvalue weighted by molar-refractivity contribution is -0.120. The van der Waals surface area contributed by atoms with Crippen LogP contribution in [0.1, 0.15) is 25.7 Å². The molecular weight excluding hydrogens is 387 g/mol. The molecule has 1 aromatic carbocycles. The number of aromatic nitrogens is 1. The Morgan fingerprint density at radius 1 is 1.30 bits per heavy atom. The lowest BCUT2D eigenvalue weighted by Crippen LogP contribution is -2.47. The number of pyridine rings is 1. The normalized spacial score (nSPS) is 15.0. The van der Waals surface area contributed by atoms with Gasteiger partial charge in [0, 0.05) is 6.20 Å². The van der Waals surface area contributed by atoms with Crippen molar-refractivity contribution in [3.63, 3.8) is 0 Å². The van der Waals surface area contributed by atoms with E-state index in [-0.39, 0.29) is 23.4 Å². The van der Waals surface area contributed by atoms with Crippen LogP contribution >= 0.6 is 23.2 Å². The minimum Gasteiger partial charge on any atom is -0.435 e. The molecule has 1 fully saturated rings. The number of benzene rings is 1. The number of nitriles is 1. The van der Waals surface area contributed by atoms with Gasteiger partial charge in [-0.25, -0.2) is 4.98 Å². The third kappa shape index (κ3) is 4.82. The summed E-state index contributed by atoms with van der Waals surface area (Å²) in [6, 6.07) is 10.9. The molecule has 0 saturated heterocycles. The van der Waals surface area contributed by atoms with E-state index in [1.807, 2.05) is 6.07 Å². The fourth-order valence-corrected chi connectivity index (χ4v) is 3.43. The number of nitrogens with zero attached hydrogens (tertiary/aromatic N) is 2. The number of halogens is 2. The van der Waals surface area contributed by atoms with E-state index in [0.717, 1.165) is 12.8 Å². The van der Waals surface area contributed by atoms with Crippen molar-refractivity contribution in [2.45, 2.75) is 31.2 Å². The first-order valence-corrected chi connectivity index (χ1v) is 9.31. The molecule has 0 unspecified atom stereocenters. The SMILES string of the molecule is N#CC1(NC(=O)CNc2ccccc2Oc2ncc(Cl)cc2Cl)CCCC1. The van der Waals surface area contributed by atoms with Crippen molar-refractivity contribution >= 4 is 34.8 Å². The highest BCUT2D eigenvalue weighted by molar-refractivity contribution is 6.35. The zero-order valence-corrected chi connectivity index (χ0v) is 16.0. The van der Waals surface area contributed by atoms with Crippen molar-refractivity contribution in [1.82, 2.24) is 10.3 Å². The summed E-state index contributed by atoms with van der Waals surface area (Å²) >= 11 is 11.9. The zero-order chi connectivity index (χ0) is 19.3. The van der Waals surface area contributed by atoms with Crippen LogP contribution in [0.2, 0.25) is 10.0 Å². The number of ether oxygens (including phenoxy) is 1. The Labute approximate surface area is 167 Å². The van der Waals surface area contributed by atoms with Crippen molar-refractivity contribution in [2.24, 2.45) is 0 Å². The van der Waals surface area contributed by atoms with E-state index in [1.165, 1.54) is 12.3 Å². The molecule has 1 saturated carbocycles. The first-order chi connectivity index (χ1) is 13.0. The number of amides is 1. The maximum absolute atomic E-state index is 12.3. The molecule has 27 heavy (non-hydrogen) atoms. The molecule has 0 radical (unpaired) electrons. The van der Waals surface area contributed by atoms with Crippen molar-refractivity contribution in [1.29, 1.82) is 5.26 Å². The predicted octanol–water partition coefficient (Wildman–Crippen LogP) is 4.55. The van der Waals surface area contributed by atoms with Crippen LogP contribution < -0.4 is 15.4 Å². The lowest BCUT2D eigenvalue weighted by atomic mass is 10.00. The first-order valence-electron chi connectivity index (χ1n) is 8.55. The smallest absolute Gasteiger partial charge is 0.240 e. The van der Waals surface area contributed by atoms with Crippen molar-refractivity contribution in [3.8, 4) is 17.7 Å². The van der Waals surface area contributed by atoms with Crippen LogP contribution in [-0.2, 0) is 4.79 Å². The molecule has 0 atom stereocenters. The summed E-state index contributed by atoms with van der Waals surface area (Å²) in [5, 5.41) is 15.9. The highest BCUT2D eigenvalue weighted by Gasteiger charge is 2.35. The molecule has 0 aliphatic heterocycles. The molecule has 1 heterocycles. The molecule has 1 aromatic heterocycles. The Bertz CT molecular complexity index is 876.